The first-order valence-corrected chi connectivity index (χ1v) is 6.16. The highest BCUT2D eigenvalue weighted by Gasteiger charge is 2.15. The summed E-state index contributed by atoms with van der Waals surface area (Å²) in [7, 11) is 1.60. The van der Waals surface area contributed by atoms with Crippen LogP contribution in [0.4, 0.5) is 10.1 Å². The van der Waals surface area contributed by atoms with E-state index in [1.807, 2.05) is 26.0 Å². The lowest BCUT2D eigenvalue weighted by molar-refractivity contribution is 0.412. The number of nitrogen functional groups attached to an aromatic ring is 1. The van der Waals surface area contributed by atoms with Gasteiger partial charge in [0.2, 0.25) is 0 Å². The molecule has 0 heterocycles. The van der Waals surface area contributed by atoms with Crippen LogP contribution in [0.25, 0.3) is 11.1 Å². The summed E-state index contributed by atoms with van der Waals surface area (Å²) >= 11 is 0. The maximum atomic E-state index is 14.2. The second-order valence-corrected chi connectivity index (χ2v) is 4.78. The minimum Gasteiger partial charge on any atom is -0.496 e. The zero-order valence-electron chi connectivity index (χ0n) is 11.7. The number of benzene rings is 2. The Hall–Kier alpha value is -2.03. The molecule has 19 heavy (non-hydrogen) atoms. The molecule has 0 amide bonds. The van der Waals surface area contributed by atoms with E-state index in [1.54, 1.807) is 20.1 Å². The van der Waals surface area contributed by atoms with Crippen molar-refractivity contribution in [1.82, 2.24) is 0 Å². The number of hydrogen-bond acceptors (Lipinski definition) is 2. The van der Waals surface area contributed by atoms with Gasteiger partial charge in [0.05, 0.1) is 7.11 Å². The Labute approximate surface area is 113 Å². The van der Waals surface area contributed by atoms with Crippen LogP contribution in [0.2, 0.25) is 0 Å². The van der Waals surface area contributed by atoms with Crippen molar-refractivity contribution in [3.05, 3.63) is 46.8 Å². The van der Waals surface area contributed by atoms with Crippen LogP contribution in [0.5, 0.6) is 5.75 Å². The fourth-order valence-electron chi connectivity index (χ4n) is 2.16. The van der Waals surface area contributed by atoms with E-state index in [9.17, 15) is 4.39 Å². The van der Waals surface area contributed by atoms with Gasteiger partial charge in [-0.3, -0.25) is 0 Å². The zero-order valence-corrected chi connectivity index (χ0v) is 11.7. The first-order chi connectivity index (χ1) is 8.95. The molecule has 0 saturated heterocycles. The molecular weight excluding hydrogens is 241 g/mol. The maximum absolute atomic E-state index is 14.2. The summed E-state index contributed by atoms with van der Waals surface area (Å²) in [6.07, 6.45) is 0. The number of methoxy groups -OCH3 is 1. The van der Waals surface area contributed by atoms with Crippen molar-refractivity contribution in [2.24, 2.45) is 0 Å². The maximum Gasteiger partial charge on any atom is 0.131 e. The van der Waals surface area contributed by atoms with Crippen LogP contribution < -0.4 is 10.5 Å². The third-order valence-corrected chi connectivity index (χ3v) is 3.53. The van der Waals surface area contributed by atoms with E-state index in [-0.39, 0.29) is 5.82 Å². The number of halogens is 1. The summed E-state index contributed by atoms with van der Waals surface area (Å²) in [5, 5.41) is 0. The Morgan fingerprint density at radius 2 is 1.68 bits per heavy atom. The first-order valence-electron chi connectivity index (χ1n) is 6.16. The van der Waals surface area contributed by atoms with Gasteiger partial charge in [-0.2, -0.15) is 0 Å². The van der Waals surface area contributed by atoms with Gasteiger partial charge in [0, 0.05) is 16.8 Å². The van der Waals surface area contributed by atoms with Crippen LogP contribution in [0.15, 0.2) is 24.3 Å². The summed E-state index contributed by atoms with van der Waals surface area (Å²) < 4.78 is 19.6. The van der Waals surface area contributed by atoms with Crippen molar-refractivity contribution >= 4 is 5.69 Å². The highest BCUT2D eigenvalue weighted by atomic mass is 19.1. The third-order valence-electron chi connectivity index (χ3n) is 3.53. The molecule has 0 spiro atoms. The van der Waals surface area contributed by atoms with Gasteiger partial charge in [-0.25, -0.2) is 4.39 Å². The van der Waals surface area contributed by atoms with Crippen LogP contribution in [0.3, 0.4) is 0 Å². The number of anilines is 1. The summed E-state index contributed by atoms with van der Waals surface area (Å²) in [6.45, 7) is 5.76. The van der Waals surface area contributed by atoms with E-state index in [0.717, 1.165) is 22.3 Å². The first kappa shape index (κ1) is 13.4. The Bertz CT molecular complexity index is 635. The molecule has 2 aromatic carbocycles. The molecule has 0 aromatic heterocycles. The van der Waals surface area contributed by atoms with E-state index in [4.69, 9.17) is 10.5 Å². The number of hydrogen-bond donors (Lipinski definition) is 1. The minimum absolute atomic E-state index is 0.284. The van der Waals surface area contributed by atoms with Gasteiger partial charge in [0.15, 0.2) is 0 Å². The summed E-state index contributed by atoms with van der Waals surface area (Å²) in [5.41, 5.74) is 10.5. The molecule has 0 fully saturated rings. The van der Waals surface area contributed by atoms with Gasteiger partial charge in [-0.1, -0.05) is 12.1 Å². The molecule has 2 aromatic rings. The van der Waals surface area contributed by atoms with E-state index < -0.39 is 0 Å². The molecule has 100 valence electrons. The molecular formula is C16H18FNO. The van der Waals surface area contributed by atoms with E-state index >= 15 is 0 Å². The monoisotopic (exact) mass is 259 g/mol. The van der Waals surface area contributed by atoms with Crippen LogP contribution in [0.1, 0.15) is 16.7 Å². The van der Waals surface area contributed by atoms with Gasteiger partial charge in [0.1, 0.15) is 11.6 Å². The molecule has 0 aliphatic rings. The average Bonchev–Trinajstić information content (AvgIpc) is 2.37. The number of rotatable bonds is 2. The van der Waals surface area contributed by atoms with Crippen molar-refractivity contribution in [2.45, 2.75) is 20.8 Å². The fraction of sp³-hybridized carbons (Fsp3) is 0.250. The molecule has 0 aliphatic heterocycles. The van der Waals surface area contributed by atoms with E-state index in [1.165, 1.54) is 6.07 Å². The van der Waals surface area contributed by atoms with Crippen LogP contribution in [0, 0.1) is 26.6 Å². The average molecular weight is 259 g/mol. The highest BCUT2D eigenvalue weighted by molar-refractivity contribution is 5.76. The van der Waals surface area contributed by atoms with Crippen molar-refractivity contribution in [3.8, 4) is 16.9 Å². The summed E-state index contributed by atoms with van der Waals surface area (Å²) in [4.78, 5) is 0. The molecule has 2 N–H and O–H groups in total. The predicted octanol–water partition coefficient (Wildman–Crippen LogP) is 4.01. The van der Waals surface area contributed by atoms with E-state index in [0.29, 0.717) is 17.0 Å². The Morgan fingerprint density at radius 3 is 2.32 bits per heavy atom. The molecule has 3 heteroatoms. The largest absolute Gasteiger partial charge is 0.496 e. The molecule has 0 bridgehead atoms. The second-order valence-electron chi connectivity index (χ2n) is 4.78. The van der Waals surface area contributed by atoms with Crippen LogP contribution >= 0.6 is 0 Å². The molecule has 0 saturated carbocycles. The van der Waals surface area contributed by atoms with Gasteiger partial charge in [-0.05, 0) is 49.6 Å². The molecule has 0 unspecified atom stereocenters. The molecule has 2 rings (SSSR count). The quantitative estimate of drug-likeness (QED) is 0.827. The second kappa shape index (κ2) is 4.92. The van der Waals surface area contributed by atoms with Crippen LogP contribution in [-0.4, -0.2) is 7.11 Å². The van der Waals surface area contributed by atoms with Gasteiger partial charge >= 0.3 is 0 Å². The van der Waals surface area contributed by atoms with Gasteiger partial charge in [-0.15, -0.1) is 0 Å². The van der Waals surface area contributed by atoms with E-state index in [2.05, 4.69) is 0 Å². The SMILES string of the molecule is COc1c(-c2cc(N)c(C)cc2F)ccc(C)c1C. The standard InChI is InChI=1S/C16H18FNO/c1-9-5-6-12(16(19-4)11(9)3)13-8-15(18)10(2)7-14(13)17/h5-8H,18H2,1-4H3. The van der Waals surface area contributed by atoms with Gasteiger partial charge in [0.25, 0.3) is 0 Å². The van der Waals surface area contributed by atoms with Crippen molar-refractivity contribution in [2.75, 3.05) is 12.8 Å². The lowest BCUT2D eigenvalue weighted by Crippen LogP contribution is -1.98. The van der Waals surface area contributed by atoms with Crippen molar-refractivity contribution in [3.63, 3.8) is 0 Å². The summed E-state index contributed by atoms with van der Waals surface area (Å²) in [6, 6.07) is 6.95. The number of aryl methyl sites for hydroxylation is 2. The van der Waals surface area contributed by atoms with Crippen molar-refractivity contribution in [1.29, 1.82) is 0 Å². The van der Waals surface area contributed by atoms with Gasteiger partial charge < -0.3 is 10.5 Å². The third kappa shape index (κ3) is 2.28. The van der Waals surface area contributed by atoms with Crippen LogP contribution in [-0.2, 0) is 0 Å². The normalized spacial score (nSPS) is 10.6. The minimum atomic E-state index is -0.284. The smallest absolute Gasteiger partial charge is 0.131 e. The molecule has 0 atom stereocenters. The number of ether oxygens (including phenoxy) is 1. The lowest BCUT2D eigenvalue weighted by atomic mass is 9.97. The highest BCUT2D eigenvalue weighted by Crippen LogP contribution is 2.37. The molecule has 0 aliphatic carbocycles. The molecule has 2 nitrogen and oxygen atoms in total. The lowest BCUT2D eigenvalue weighted by Gasteiger charge is -2.15. The number of nitrogens with two attached hydrogens (primary N) is 1. The Balaban J connectivity index is 2.72. The zero-order chi connectivity index (χ0) is 14.2. The fourth-order valence-corrected chi connectivity index (χ4v) is 2.16. The molecule has 0 radical (unpaired) electrons. The Morgan fingerprint density at radius 1 is 1.00 bits per heavy atom. The van der Waals surface area contributed by atoms with Crippen molar-refractivity contribution < 1.29 is 9.13 Å². The Kier molecular flexibility index (Phi) is 3.47. The predicted molar refractivity (Wildman–Crippen MR) is 77.0 cm³/mol. The topological polar surface area (TPSA) is 35.2 Å². The summed E-state index contributed by atoms with van der Waals surface area (Å²) in [5.74, 6) is 0.412.